The lowest BCUT2D eigenvalue weighted by Crippen LogP contribution is -2.31. The van der Waals surface area contributed by atoms with Gasteiger partial charge in [0.2, 0.25) is 0 Å². The van der Waals surface area contributed by atoms with E-state index in [0.717, 1.165) is 18.5 Å². The molecule has 0 unspecified atom stereocenters. The Hall–Kier alpha value is -2.50. The van der Waals surface area contributed by atoms with Crippen LogP contribution >= 0.6 is 0 Å². The molecule has 1 N–H and O–H groups in total. The van der Waals surface area contributed by atoms with Crippen LogP contribution in [-0.2, 0) is 6.54 Å². The molecule has 0 saturated heterocycles. The van der Waals surface area contributed by atoms with Crippen LogP contribution in [-0.4, -0.2) is 22.0 Å². The number of benzene rings is 1. The van der Waals surface area contributed by atoms with Gasteiger partial charge in [0.25, 0.3) is 11.5 Å². The van der Waals surface area contributed by atoms with E-state index in [0.29, 0.717) is 24.6 Å². The van der Waals surface area contributed by atoms with Crippen LogP contribution in [0.15, 0.2) is 41.5 Å². The highest BCUT2D eigenvalue weighted by Gasteiger charge is 2.18. The first kappa shape index (κ1) is 16.4. The van der Waals surface area contributed by atoms with Gasteiger partial charge in [-0.25, -0.2) is 9.37 Å². The predicted octanol–water partition coefficient (Wildman–Crippen LogP) is 2.47. The van der Waals surface area contributed by atoms with Crippen molar-refractivity contribution in [1.29, 1.82) is 0 Å². The second-order valence-corrected chi connectivity index (χ2v) is 6.09. The molecule has 1 amide bonds. The third kappa shape index (κ3) is 3.88. The standard InChI is InChI=1S/C18H20FN3O2/c19-15-7-5-14(6-8-15)18(24)20-9-10-22-12-21-16(11-17(22)23)13-3-1-2-4-13/h5-8,11-13H,1-4,9-10H2,(H,20,24). The fraction of sp³-hybridized carbons (Fsp3) is 0.389. The zero-order chi connectivity index (χ0) is 16.9. The van der Waals surface area contributed by atoms with Gasteiger partial charge in [-0.3, -0.25) is 14.2 Å². The van der Waals surface area contributed by atoms with Gasteiger partial charge >= 0.3 is 0 Å². The Morgan fingerprint density at radius 3 is 2.62 bits per heavy atom. The van der Waals surface area contributed by atoms with Gasteiger partial charge in [0.1, 0.15) is 5.82 Å². The molecule has 0 bridgehead atoms. The van der Waals surface area contributed by atoms with E-state index in [1.807, 2.05) is 0 Å². The second-order valence-electron chi connectivity index (χ2n) is 6.09. The summed E-state index contributed by atoms with van der Waals surface area (Å²) in [6, 6.07) is 6.94. The fourth-order valence-electron chi connectivity index (χ4n) is 3.05. The van der Waals surface area contributed by atoms with Crippen LogP contribution in [0.25, 0.3) is 0 Å². The zero-order valence-electron chi connectivity index (χ0n) is 13.4. The quantitative estimate of drug-likeness (QED) is 0.916. The first-order chi connectivity index (χ1) is 11.6. The van der Waals surface area contributed by atoms with E-state index in [9.17, 15) is 14.0 Å². The molecular formula is C18H20FN3O2. The molecule has 24 heavy (non-hydrogen) atoms. The van der Waals surface area contributed by atoms with E-state index in [1.54, 1.807) is 12.4 Å². The molecule has 0 atom stereocenters. The lowest BCUT2D eigenvalue weighted by molar-refractivity contribution is 0.0952. The van der Waals surface area contributed by atoms with Gasteiger partial charge in [0.15, 0.2) is 0 Å². The van der Waals surface area contributed by atoms with E-state index in [2.05, 4.69) is 10.3 Å². The molecule has 5 nitrogen and oxygen atoms in total. The van der Waals surface area contributed by atoms with Gasteiger partial charge in [-0.1, -0.05) is 12.8 Å². The molecular weight excluding hydrogens is 309 g/mol. The van der Waals surface area contributed by atoms with Crippen LogP contribution in [0.2, 0.25) is 0 Å². The molecule has 0 spiro atoms. The summed E-state index contributed by atoms with van der Waals surface area (Å²) in [4.78, 5) is 28.5. The summed E-state index contributed by atoms with van der Waals surface area (Å²) in [5.74, 6) is -0.268. The highest BCUT2D eigenvalue weighted by molar-refractivity contribution is 5.94. The van der Waals surface area contributed by atoms with Gasteiger partial charge in [-0.2, -0.15) is 0 Å². The van der Waals surface area contributed by atoms with Crippen LogP contribution in [0.4, 0.5) is 4.39 Å². The number of rotatable bonds is 5. The molecule has 3 rings (SSSR count). The van der Waals surface area contributed by atoms with Crippen LogP contribution < -0.4 is 10.9 Å². The molecule has 1 aliphatic rings. The second kappa shape index (κ2) is 7.38. The normalized spacial score (nSPS) is 14.7. The van der Waals surface area contributed by atoms with Crippen molar-refractivity contribution in [2.75, 3.05) is 6.54 Å². The Morgan fingerprint density at radius 1 is 1.25 bits per heavy atom. The number of aromatic nitrogens is 2. The van der Waals surface area contributed by atoms with Crippen molar-refractivity contribution in [3.8, 4) is 0 Å². The van der Waals surface area contributed by atoms with Crippen molar-refractivity contribution >= 4 is 5.91 Å². The zero-order valence-corrected chi connectivity index (χ0v) is 13.4. The minimum absolute atomic E-state index is 0.0945. The molecule has 0 aliphatic heterocycles. The van der Waals surface area contributed by atoms with Crippen LogP contribution in [0.5, 0.6) is 0 Å². The number of hydrogen-bond donors (Lipinski definition) is 1. The lowest BCUT2D eigenvalue weighted by atomic mass is 10.0. The molecule has 2 aromatic rings. The van der Waals surface area contributed by atoms with Crippen molar-refractivity contribution in [3.05, 3.63) is 64.1 Å². The first-order valence-electron chi connectivity index (χ1n) is 8.23. The number of nitrogens with one attached hydrogen (secondary N) is 1. The minimum atomic E-state index is -0.383. The lowest BCUT2D eigenvalue weighted by Gasteiger charge is -2.11. The fourth-order valence-corrected chi connectivity index (χ4v) is 3.05. The minimum Gasteiger partial charge on any atom is -0.350 e. The summed E-state index contributed by atoms with van der Waals surface area (Å²) in [6.07, 6.45) is 6.16. The Morgan fingerprint density at radius 2 is 1.96 bits per heavy atom. The van der Waals surface area contributed by atoms with Crippen LogP contribution in [0.3, 0.4) is 0 Å². The van der Waals surface area contributed by atoms with Gasteiger partial charge in [-0.15, -0.1) is 0 Å². The molecule has 1 aromatic carbocycles. The van der Waals surface area contributed by atoms with Crippen molar-refractivity contribution in [2.24, 2.45) is 0 Å². The number of hydrogen-bond acceptors (Lipinski definition) is 3. The Kier molecular flexibility index (Phi) is 5.03. The number of carbonyl (C=O) groups excluding carboxylic acids is 1. The van der Waals surface area contributed by atoms with Gasteiger partial charge in [0, 0.05) is 30.6 Å². The summed E-state index contributed by atoms with van der Waals surface area (Å²) < 4.78 is 14.3. The molecule has 1 saturated carbocycles. The topological polar surface area (TPSA) is 64.0 Å². The Bertz CT molecular complexity index is 765. The number of halogens is 1. The highest BCUT2D eigenvalue weighted by Crippen LogP contribution is 2.32. The van der Waals surface area contributed by atoms with E-state index in [1.165, 1.54) is 41.7 Å². The van der Waals surface area contributed by atoms with Crippen molar-refractivity contribution in [3.63, 3.8) is 0 Å². The number of amides is 1. The van der Waals surface area contributed by atoms with Crippen molar-refractivity contribution < 1.29 is 9.18 Å². The summed E-state index contributed by atoms with van der Waals surface area (Å²) in [6.45, 7) is 0.657. The Labute approximate surface area is 139 Å². The van der Waals surface area contributed by atoms with Gasteiger partial charge in [-0.05, 0) is 37.1 Å². The molecule has 0 radical (unpaired) electrons. The maximum atomic E-state index is 12.8. The third-order valence-corrected chi connectivity index (χ3v) is 4.42. The molecule has 126 valence electrons. The monoisotopic (exact) mass is 329 g/mol. The summed E-state index contributed by atoms with van der Waals surface area (Å²) in [5, 5.41) is 2.71. The summed E-state index contributed by atoms with van der Waals surface area (Å²) in [5.41, 5.74) is 1.17. The number of nitrogens with zero attached hydrogens (tertiary/aromatic N) is 2. The van der Waals surface area contributed by atoms with Gasteiger partial charge in [0.05, 0.1) is 12.0 Å². The predicted molar refractivity (Wildman–Crippen MR) is 88.4 cm³/mol. The first-order valence-corrected chi connectivity index (χ1v) is 8.23. The number of carbonyl (C=O) groups is 1. The SMILES string of the molecule is O=C(NCCn1cnc(C2CCCC2)cc1=O)c1ccc(F)cc1. The van der Waals surface area contributed by atoms with E-state index < -0.39 is 0 Å². The third-order valence-electron chi connectivity index (χ3n) is 4.42. The molecule has 6 heteroatoms. The summed E-state index contributed by atoms with van der Waals surface area (Å²) >= 11 is 0. The maximum Gasteiger partial charge on any atom is 0.253 e. The van der Waals surface area contributed by atoms with E-state index in [4.69, 9.17) is 0 Å². The average molecular weight is 329 g/mol. The molecule has 1 aliphatic carbocycles. The molecule has 1 heterocycles. The van der Waals surface area contributed by atoms with E-state index >= 15 is 0 Å². The molecule has 1 fully saturated rings. The van der Waals surface area contributed by atoms with Crippen molar-refractivity contribution in [2.45, 2.75) is 38.1 Å². The van der Waals surface area contributed by atoms with Crippen molar-refractivity contribution in [1.82, 2.24) is 14.9 Å². The smallest absolute Gasteiger partial charge is 0.253 e. The van der Waals surface area contributed by atoms with Gasteiger partial charge < -0.3 is 5.32 Å². The Balaban J connectivity index is 1.55. The molecule has 1 aromatic heterocycles. The summed E-state index contributed by atoms with van der Waals surface area (Å²) in [7, 11) is 0. The van der Waals surface area contributed by atoms with Crippen LogP contribution in [0.1, 0.15) is 47.7 Å². The average Bonchev–Trinajstić information content (AvgIpc) is 3.11. The largest absolute Gasteiger partial charge is 0.350 e. The maximum absolute atomic E-state index is 12.8. The highest BCUT2D eigenvalue weighted by atomic mass is 19.1. The van der Waals surface area contributed by atoms with Crippen LogP contribution in [0, 0.1) is 5.82 Å². The van der Waals surface area contributed by atoms with E-state index in [-0.39, 0.29) is 17.3 Å².